The van der Waals surface area contributed by atoms with Crippen LogP contribution in [0.3, 0.4) is 0 Å². The molecule has 88 valence electrons. The summed E-state index contributed by atoms with van der Waals surface area (Å²) in [6, 6.07) is -0.0372. The third-order valence-corrected chi connectivity index (χ3v) is 2.35. The second kappa shape index (κ2) is 7.62. The maximum Gasteiger partial charge on any atom is 0.237 e. The average Bonchev–Trinajstić information content (AvgIpc) is 2.25. The predicted molar refractivity (Wildman–Crippen MR) is 56.7 cm³/mol. The molecule has 1 unspecified atom stereocenters. The highest BCUT2D eigenvalue weighted by Crippen LogP contribution is 2.01. The van der Waals surface area contributed by atoms with E-state index < -0.39 is 0 Å². The minimum atomic E-state index is -0.0372. The number of hydrogen-bond acceptors (Lipinski definition) is 4. The Hall–Kier alpha value is -0.650. The van der Waals surface area contributed by atoms with Gasteiger partial charge in [-0.2, -0.15) is 0 Å². The van der Waals surface area contributed by atoms with E-state index in [1.54, 1.807) is 7.11 Å². The van der Waals surface area contributed by atoms with Gasteiger partial charge in [-0.05, 0) is 12.8 Å². The number of methoxy groups -OCH3 is 1. The van der Waals surface area contributed by atoms with Crippen molar-refractivity contribution in [3.8, 4) is 0 Å². The summed E-state index contributed by atoms with van der Waals surface area (Å²) >= 11 is 0. The summed E-state index contributed by atoms with van der Waals surface area (Å²) < 4.78 is 10.1. The number of rotatable bonds is 7. The second-order valence-corrected chi connectivity index (χ2v) is 3.55. The van der Waals surface area contributed by atoms with Crippen LogP contribution in [0.5, 0.6) is 0 Å². The van der Waals surface area contributed by atoms with Gasteiger partial charge in [-0.3, -0.25) is 4.79 Å². The number of amides is 1. The number of nitrogens with one attached hydrogen (secondary N) is 2. The number of carbonyl (C=O) groups excluding carboxylic acids is 1. The van der Waals surface area contributed by atoms with Crippen molar-refractivity contribution < 1.29 is 14.3 Å². The van der Waals surface area contributed by atoms with Crippen LogP contribution in [0.2, 0.25) is 0 Å². The molecule has 1 atom stereocenters. The molecular formula is C10H20N2O3. The molecule has 1 aliphatic heterocycles. The predicted octanol–water partition coefficient (Wildman–Crippen LogP) is -0.482. The van der Waals surface area contributed by atoms with Crippen molar-refractivity contribution in [2.45, 2.75) is 18.9 Å². The molecule has 0 radical (unpaired) electrons. The minimum Gasteiger partial charge on any atom is -0.382 e. The quantitative estimate of drug-likeness (QED) is 0.564. The lowest BCUT2D eigenvalue weighted by Gasteiger charge is -2.22. The first-order valence-corrected chi connectivity index (χ1v) is 5.42. The minimum absolute atomic E-state index is 0.0372. The molecule has 0 saturated carbocycles. The molecule has 1 amide bonds. The molecule has 5 nitrogen and oxygen atoms in total. The average molecular weight is 216 g/mol. The maximum atomic E-state index is 11.3. The molecule has 1 aliphatic rings. The lowest BCUT2D eigenvalue weighted by Crippen LogP contribution is -2.49. The Morgan fingerprint density at radius 2 is 2.33 bits per heavy atom. The zero-order chi connectivity index (χ0) is 10.9. The van der Waals surface area contributed by atoms with Gasteiger partial charge < -0.3 is 20.1 Å². The molecule has 0 aliphatic carbocycles. The summed E-state index contributed by atoms with van der Waals surface area (Å²) in [5, 5.41) is 6.00. The Kier molecular flexibility index (Phi) is 6.31. The van der Waals surface area contributed by atoms with E-state index in [-0.39, 0.29) is 11.9 Å². The van der Waals surface area contributed by atoms with Gasteiger partial charge in [-0.25, -0.2) is 0 Å². The van der Waals surface area contributed by atoms with E-state index in [9.17, 15) is 4.79 Å². The summed E-state index contributed by atoms with van der Waals surface area (Å²) in [7, 11) is 1.65. The van der Waals surface area contributed by atoms with Crippen molar-refractivity contribution in [3.63, 3.8) is 0 Å². The first-order chi connectivity index (χ1) is 7.34. The molecule has 1 saturated heterocycles. The summed E-state index contributed by atoms with van der Waals surface area (Å²) in [6.45, 7) is 3.36. The summed E-state index contributed by atoms with van der Waals surface area (Å²) in [5.41, 5.74) is 0. The van der Waals surface area contributed by atoms with Gasteiger partial charge in [0.1, 0.15) is 0 Å². The van der Waals surface area contributed by atoms with Crippen molar-refractivity contribution in [3.05, 3.63) is 0 Å². The zero-order valence-corrected chi connectivity index (χ0v) is 9.25. The van der Waals surface area contributed by atoms with E-state index in [0.717, 1.165) is 19.4 Å². The highest BCUT2D eigenvalue weighted by molar-refractivity contribution is 5.82. The molecule has 15 heavy (non-hydrogen) atoms. The number of hydrogen-bond donors (Lipinski definition) is 2. The van der Waals surface area contributed by atoms with Crippen LogP contribution in [0.15, 0.2) is 0 Å². The van der Waals surface area contributed by atoms with E-state index in [4.69, 9.17) is 9.47 Å². The molecule has 1 heterocycles. The fourth-order valence-electron chi connectivity index (χ4n) is 1.52. The fraction of sp³-hybridized carbons (Fsp3) is 0.900. The van der Waals surface area contributed by atoms with Gasteiger partial charge >= 0.3 is 0 Å². The smallest absolute Gasteiger partial charge is 0.237 e. The fourth-order valence-corrected chi connectivity index (χ4v) is 1.52. The highest BCUT2D eigenvalue weighted by atomic mass is 16.5. The first-order valence-electron chi connectivity index (χ1n) is 5.42. The van der Waals surface area contributed by atoms with E-state index >= 15 is 0 Å². The molecule has 0 spiro atoms. The van der Waals surface area contributed by atoms with Crippen molar-refractivity contribution in [1.29, 1.82) is 0 Å². The van der Waals surface area contributed by atoms with Crippen molar-refractivity contribution in [2.75, 3.05) is 40.0 Å². The van der Waals surface area contributed by atoms with Gasteiger partial charge in [0.05, 0.1) is 25.9 Å². The second-order valence-electron chi connectivity index (χ2n) is 3.55. The largest absolute Gasteiger partial charge is 0.382 e. The van der Waals surface area contributed by atoms with E-state index in [0.29, 0.717) is 26.4 Å². The Morgan fingerprint density at radius 1 is 1.47 bits per heavy atom. The monoisotopic (exact) mass is 216 g/mol. The van der Waals surface area contributed by atoms with Gasteiger partial charge in [-0.1, -0.05) is 0 Å². The number of ether oxygens (including phenoxy) is 2. The standard InChI is InChI=1S/C10H20N2O3/c1-14-7-8-15-6-5-11-9-3-2-4-12-10(9)13/h9,11H,2-8H2,1H3,(H,12,13). The molecule has 0 aromatic carbocycles. The van der Waals surface area contributed by atoms with Gasteiger partial charge in [-0.15, -0.1) is 0 Å². The third kappa shape index (κ3) is 5.11. The molecular weight excluding hydrogens is 196 g/mol. The topological polar surface area (TPSA) is 59.6 Å². The van der Waals surface area contributed by atoms with E-state index in [1.165, 1.54) is 0 Å². The van der Waals surface area contributed by atoms with E-state index in [1.807, 2.05) is 0 Å². The molecule has 1 rings (SSSR count). The van der Waals surface area contributed by atoms with Crippen LogP contribution in [0.4, 0.5) is 0 Å². The van der Waals surface area contributed by atoms with Gasteiger partial charge in [0, 0.05) is 20.2 Å². The molecule has 5 heteroatoms. The van der Waals surface area contributed by atoms with Crippen LogP contribution in [0, 0.1) is 0 Å². The number of carbonyl (C=O) groups is 1. The molecule has 0 aromatic rings. The molecule has 1 fully saturated rings. The lowest BCUT2D eigenvalue weighted by molar-refractivity contribution is -0.124. The normalized spacial score (nSPS) is 21.4. The Morgan fingerprint density at radius 3 is 3.07 bits per heavy atom. The summed E-state index contributed by atoms with van der Waals surface area (Å²) in [4.78, 5) is 11.3. The van der Waals surface area contributed by atoms with Crippen molar-refractivity contribution in [2.24, 2.45) is 0 Å². The Bertz CT molecular complexity index is 188. The van der Waals surface area contributed by atoms with Gasteiger partial charge in [0.15, 0.2) is 0 Å². The van der Waals surface area contributed by atoms with Crippen LogP contribution >= 0.6 is 0 Å². The molecule has 0 aromatic heterocycles. The third-order valence-electron chi connectivity index (χ3n) is 2.35. The van der Waals surface area contributed by atoms with Crippen LogP contribution in [0.1, 0.15) is 12.8 Å². The highest BCUT2D eigenvalue weighted by Gasteiger charge is 2.20. The van der Waals surface area contributed by atoms with Crippen LogP contribution in [-0.2, 0) is 14.3 Å². The Balaban J connectivity index is 1.96. The first kappa shape index (κ1) is 12.4. The van der Waals surface area contributed by atoms with Gasteiger partial charge in [0.25, 0.3) is 0 Å². The summed E-state index contributed by atoms with van der Waals surface area (Å²) in [5.74, 6) is 0.109. The van der Waals surface area contributed by atoms with Gasteiger partial charge in [0.2, 0.25) is 5.91 Å². The lowest BCUT2D eigenvalue weighted by atomic mass is 10.1. The van der Waals surface area contributed by atoms with E-state index in [2.05, 4.69) is 10.6 Å². The SMILES string of the molecule is COCCOCCNC1CCCNC1=O. The maximum absolute atomic E-state index is 11.3. The van der Waals surface area contributed by atoms with Crippen LogP contribution < -0.4 is 10.6 Å². The Labute approximate surface area is 90.5 Å². The zero-order valence-electron chi connectivity index (χ0n) is 9.25. The van der Waals surface area contributed by atoms with Crippen LogP contribution in [0.25, 0.3) is 0 Å². The van der Waals surface area contributed by atoms with Crippen molar-refractivity contribution in [1.82, 2.24) is 10.6 Å². The molecule has 2 N–H and O–H groups in total. The van der Waals surface area contributed by atoms with Crippen molar-refractivity contribution >= 4 is 5.91 Å². The summed E-state index contributed by atoms with van der Waals surface area (Å²) in [6.07, 6.45) is 1.97. The number of piperidine rings is 1. The van der Waals surface area contributed by atoms with Crippen LogP contribution in [-0.4, -0.2) is 52.0 Å². The molecule has 0 bridgehead atoms.